The Morgan fingerprint density at radius 1 is 1.09 bits per heavy atom. The Labute approximate surface area is 134 Å². The fourth-order valence-electron chi connectivity index (χ4n) is 2.98. The number of Topliss-reactive ketones (excluding diaryl/α,β-unsaturated/α-hetero) is 1. The fourth-order valence-corrected chi connectivity index (χ4v) is 2.98. The molecule has 0 bridgehead atoms. The number of hydrogen-bond acceptors (Lipinski definition) is 1. The Balaban J connectivity index is 2.40. The van der Waals surface area contributed by atoms with Crippen LogP contribution < -0.4 is 0 Å². The van der Waals surface area contributed by atoms with E-state index >= 15 is 0 Å². The van der Waals surface area contributed by atoms with Gasteiger partial charge in [-0.25, -0.2) is 0 Å². The van der Waals surface area contributed by atoms with E-state index in [1.165, 1.54) is 13.0 Å². The smallest absolute Gasteiger partial charge is 0.295 e. The van der Waals surface area contributed by atoms with E-state index in [2.05, 4.69) is 0 Å². The molecule has 1 aliphatic rings. The van der Waals surface area contributed by atoms with E-state index < -0.39 is 11.7 Å². The highest BCUT2D eigenvalue weighted by Gasteiger charge is 2.33. The quantitative estimate of drug-likeness (QED) is 0.479. The first-order chi connectivity index (χ1) is 10.7. The van der Waals surface area contributed by atoms with E-state index in [0.717, 1.165) is 22.3 Å². The lowest BCUT2D eigenvalue weighted by atomic mass is 9.86. The normalized spacial score (nSPS) is 22.1. The van der Waals surface area contributed by atoms with Crippen LogP contribution >= 0.6 is 0 Å². The van der Waals surface area contributed by atoms with Gasteiger partial charge in [-0.3, -0.25) is 4.79 Å². The predicted molar refractivity (Wildman–Crippen MR) is 86.4 cm³/mol. The van der Waals surface area contributed by atoms with E-state index in [9.17, 15) is 18.0 Å². The molecule has 0 atom stereocenters. The van der Waals surface area contributed by atoms with Crippen molar-refractivity contribution in [1.29, 1.82) is 0 Å². The average molecular weight is 322 g/mol. The number of benzene rings is 1. The maximum absolute atomic E-state index is 13.0. The summed E-state index contributed by atoms with van der Waals surface area (Å²) >= 11 is 0. The van der Waals surface area contributed by atoms with Crippen molar-refractivity contribution in [1.82, 2.24) is 0 Å². The van der Waals surface area contributed by atoms with Crippen molar-refractivity contribution in [2.24, 2.45) is 0 Å². The molecule has 0 aromatic heterocycles. The van der Waals surface area contributed by atoms with Gasteiger partial charge in [0, 0.05) is 11.1 Å². The Bertz CT molecular complexity index is 678. The van der Waals surface area contributed by atoms with Crippen LogP contribution in [0.3, 0.4) is 0 Å². The lowest BCUT2D eigenvalue weighted by Crippen LogP contribution is -2.13. The summed E-state index contributed by atoms with van der Waals surface area (Å²) in [6, 6.07) is 5.45. The van der Waals surface area contributed by atoms with Crippen molar-refractivity contribution in [3.05, 3.63) is 52.1 Å². The third-order valence-electron chi connectivity index (χ3n) is 4.40. The number of halogens is 3. The molecule has 0 amide bonds. The van der Waals surface area contributed by atoms with Gasteiger partial charge in [-0.05, 0) is 69.2 Å². The summed E-state index contributed by atoms with van der Waals surface area (Å²) in [7, 11) is 0. The highest BCUT2D eigenvalue weighted by molar-refractivity contribution is 5.95. The van der Waals surface area contributed by atoms with Crippen molar-refractivity contribution in [3.63, 3.8) is 0 Å². The highest BCUT2D eigenvalue weighted by atomic mass is 19.4. The molecule has 0 radical (unpaired) electrons. The van der Waals surface area contributed by atoms with Crippen LogP contribution in [0.5, 0.6) is 0 Å². The van der Waals surface area contributed by atoms with Crippen molar-refractivity contribution in [2.45, 2.75) is 52.6 Å². The van der Waals surface area contributed by atoms with Crippen molar-refractivity contribution >= 4 is 11.4 Å². The van der Waals surface area contributed by atoms with Crippen LogP contribution in [0.2, 0.25) is 0 Å². The van der Waals surface area contributed by atoms with Gasteiger partial charge >= 0.3 is 6.18 Å². The summed E-state index contributed by atoms with van der Waals surface area (Å²) in [6.45, 7) is 5.40. The number of ketones is 1. The van der Waals surface area contributed by atoms with Gasteiger partial charge in [0.25, 0.3) is 0 Å². The zero-order valence-electron chi connectivity index (χ0n) is 13.7. The van der Waals surface area contributed by atoms with Crippen molar-refractivity contribution < 1.29 is 18.0 Å². The fraction of sp³-hybridized carbons (Fsp3) is 0.421. The van der Waals surface area contributed by atoms with E-state index in [1.807, 2.05) is 26.0 Å². The molecule has 0 aliphatic heterocycles. The second kappa shape index (κ2) is 6.73. The molecule has 0 fully saturated rings. The molecule has 124 valence electrons. The molecule has 0 saturated heterocycles. The first kappa shape index (κ1) is 17.5. The van der Waals surface area contributed by atoms with Crippen LogP contribution in [-0.2, 0) is 0 Å². The Hall–Kier alpha value is -1.84. The van der Waals surface area contributed by atoms with E-state index in [4.69, 9.17) is 0 Å². The molecule has 0 saturated carbocycles. The predicted octanol–water partition coefficient (Wildman–Crippen LogP) is 6.03. The van der Waals surface area contributed by atoms with E-state index in [1.54, 1.807) is 6.07 Å². The van der Waals surface area contributed by atoms with Crippen LogP contribution in [-0.4, -0.2) is 12.0 Å². The minimum absolute atomic E-state index is 0.0140. The number of alkyl halides is 3. The molecule has 0 unspecified atom stereocenters. The molecule has 0 spiro atoms. The Morgan fingerprint density at radius 2 is 1.78 bits per heavy atom. The zero-order chi connectivity index (χ0) is 17.2. The number of rotatable bonds is 2. The maximum atomic E-state index is 13.0. The van der Waals surface area contributed by atoms with E-state index in [0.29, 0.717) is 24.8 Å². The number of aryl methyl sites for hydroxylation is 1. The third-order valence-corrected chi connectivity index (χ3v) is 4.40. The van der Waals surface area contributed by atoms with Gasteiger partial charge in [-0.1, -0.05) is 23.8 Å². The minimum Gasteiger partial charge on any atom is -0.295 e. The van der Waals surface area contributed by atoms with Crippen molar-refractivity contribution in [2.75, 3.05) is 0 Å². The summed E-state index contributed by atoms with van der Waals surface area (Å²) in [5, 5.41) is 0. The number of carbonyl (C=O) groups is 1. The van der Waals surface area contributed by atoms with Gasteiger partial charge in [0.2, 0.25) is 0 Å². The summed E-state index contributed by atoms with van der Waals surface area (Å²) in [6.07, 6.45) is -1.60. The Kier molecular flexibility index (Phi) is 5.12. The summed E-state index contributed by atoms with van der Waals surface area (Å²) in [4.78, 5) is 11.6. The number of carbonyl (C=O) groups excluding carboxylic acids is 1. The lowest BCUT2D eigenvalue weighted by Gasteiger charge is -2.20. The molecule has 2 rings (SSSR count). The summed E-state index contributed by atoms with van der Waals surface area (Å²) in [5.41, 5.74) is 4.09. The number of allylic oxidation sites excluding steroid dienone is 4. The monoisotopic (exact) mass is 322 g/mol. The van der Waals surface area contributed by atoms with Crippen molar-refractivity contribution in [3.8, 4) is 0 Å². The first-order valence-corrected chi connectivity index (χ1v) is 7.77. The molecule has 0 heterocycles. The van der Waals surface area contributed by atoms with Crippen LogP contribution in [0.15, 0.2) is 35.4 Å². The van der Waals surface area contributed by atoms with Gasteiger partial charge < -0.3 is 0 Å². The summed E-state index contributed by atoms with van der Waals surface area (Å²) in [5.74, 6) is -0.0359. The van der Waals surface area contributed by atoms with Crippen LogP contribution in [0.25, 0.3) is 5.57 Å². The molecule has 1 nitrogen and oxygen atoms in total. The largest absolute Gasteiger partial charge is 0.412 e. The number of hydrogen-bond donors (Lipinski definition) is 0. The SMILES string of the molecule is CC(=O)c1ccc(C)c(/C2=C(\C)CC/C=C(\C(F)(F)F)CC2)c1. The third kappa shape index (κ3) is 4.12. The van der Waals surface area contributed by atoms with Gasteiger partial charge in [0.05, 0.1) is 0 Å². The van der Waals surface area contributed by atoms with Gasteiger partial charge in [0.15, 0.2) is 5.78 Å². The van der Waals surface area contributed by atoms with Crippen LogP contribution in [0.1, 0.15) is 61.0 Å². The molecule has 1 aliphatic carbocycles. The molecular formula is C19H21F3O. The molecule has 1 aromatic rings. The highest BCUT2D eigenvalue weighted by Crippen LogP contribution is 2.37. The van der Waals surface area contributed by atoms with Gasteiger partial charge in [-0.2, -0.15) is 13.2 Å². The second-order valence-corrected chi connectivity index (χ2v) is 6.11. The topological polar surface area (TPSA) is 17.1 Å². The van der Waals surface area contributed by atoms with Gasteiger partial charge in [-0.15, -0.1) is 0 Å². The summed E-state index contributed by atoms with van der Waals surface area (Å²) < 4.78 is 39.0. The molecule has 1 aromatic carbocycles. The Morgan fingerprint density at radius 3 is 2.39 bits per heavy atom. The van der Waals surface area contributed by atoms with E-state index in [-0.39, 0.29) is 12.2 Å². The lowest BCUT2D eigenvalue weighted by molar-refractivity contribution is -0.0941. The van der Waals surface area contributed by atoms with Crippen LogP contribution in [0, 0.1) is 6.92 Å². The average Bonchev–Trinajstić information content (AvgIpc) is 2.43. The zero-order valence-corrected chi connectivity index (χ0v) is 13.7. The minimum atomic E-state index is -4.26. The molecule has 0 N–H and O–H groups in total. The molecule has 4 heteroatoms. The van der Waals surface area contributed by atoms with Crippen LogP contribution in [0.4, 0.5) is 13.2 Å². The van der Waals surface area contributed by atoms with Gasteiger partial charge in [0.1, 0.15) is 0 Å². The second-order valence-electron chi connectivity index (χ2n) is 6.11. The maximum Gasteiger partial charge on any atom is 0.412 e. The standard InChI is InChI=1S/C19H21F3O/c1-12-5-4-6-16(19(20,21)22)9-10-17(12)18-11-15(14(3)23)8-7-13(18)2/h6-8,11H,4-5,9-10H2,1-3H3/b16-6-,17-12+. The molecule has 23 heavy (non-hydrogen) atoms. The molecular weight excluding hydrogens is 301 g/mol. The first-order valence-electron chi connectivity index (χ1n) is 7.77.